The van der Waals surface area contributed by atoms with Gasteiger partial charge >= 0.3 is 0 Å². The normalized spacial score (nSPS) is 11.6. The summed E-state index contributed by atoms with van der Waals surface area (Å²) in [6.45, 7) is 8.13. The zero-order valence-electron chi connectivity index (χ0n) is 17.3. The molecule has 0 aliphatic heterocycles. The number of ether oxygens (including phenoxy) is 1. The molecule has 0 bridgehead atoms. The zero-order valence-corrected chi connectivity index (χ0v) is 17.3. The molecule has 0 saturated heterocycles. The largest absolute Gasteiger partial charge is 0.497 e. The highest BCUT2D eigenvalue weighted by Gasteiger charge is 2.17. The quantitative estimate of drug-likeness (QED) is 0.349. The number of aromatic nitrogens is 3. The molecule has 148 valence electrons. The first-order valence-electron chi connectivity index (χ1n) is 9.40. The van der Waals surface area contributed by atoms with Crippen LogP contribution in [-0.4, -0.2) is 27.2 Å². The van der Waals surface area contributed by atoms with Crippen molar-refractivity contribution in [2.75, 3.05) is 7.11 Å². The predicted octanol–water partition coefficient (Wildman–Crippen LogP) is 4.67. The van der Waals surface area contributed by atoms with Gasteiger partial charge < -0.3 is 9.30 Å². The summed E-state index contributed by atoms with van der Waals surface area (Å²) in [7, 11) is 1.57. The molecule has 6 heteroatoms. The number of benzene rings is 1. The minimum atomic E-state index is -0.313. The number of Topliss-reactive ketones (excluding diaryl/α,β-unsaturated/α-hetero) is 1. The van der Waals surface area contributed by atoms with E-state index in [2.05, 4.69) is 29.6 Å². The first-order chi connectivity index (χ1) is 13.9. The molecule has 2 heterocycles. The Labute approximate surface area is 170 Å². The molecule has 0 spiro atoms. The molecule has 0 amide bonds. The van der Waals surface area contributed by atoms with Crippen LogP contribution in [0.2, 0.25) is 0 Å². The van der Waals surface area contributed by atoms with Gasteiger partial charge in [0, 0.05) is 29.1 Å². The molecule has 0 unspecified atom stereocenters. The molecular formula is C23H24N4O2. The number of allylic oxidation sites excluding steroid dienone is 1. The maximum Gasteiger partial charge on any atom is 0.203 e. The van der Waals surface area contributed by atoms with Crippen molar-refractivity contribution in [2.45, 2.75) is 33.7 Å². The van der Waals surface area contributed by atoms with Gasteiger partial charge in [-0.25, -0.2) is 4.68 Å². The van der Waals surface area contributed by atoms with Gasteiger partial charge in [0.1, 0.15) is 23.2 Å². The van der Waals surface area contributed by atoms with Crippen LogP contribution in [0.15, 0.2) is 48.2 Å². The van der Waals surface area contributed by atoms with Crippen molar-refractivity contribution in [3.63, 3.8) is 0 Å². The average Bonchev–Trinajstić information content (AvgIpc) is 3.29. The van der Waals surface area contributed by atoms with E-state index in [1.807, 2.05) is 30.7 Å². The number of ketones is 1. The van der Waals surface area contributed by atoms with Gasteiger partial charge in [-0.1, -0.05) is 0 Å². The molecular weight excluding hydrogens is 364 g/mol. The highest BCUT2D eigenvalue weighted by molar-refractivity contribution is 6.14. The fraction of sp³-hybridized carbons (Fsp3) is 0.261. The monoisotopic (exact) mass is 388 g/mol. The fourth-order valence-electron chi connectivity index (χ4n) is 3.37. The fourth-order valence-corrected chi connectivity index (χ4v) is 3.37. The third-order valence-electron chi connectivity index (χ3n) is 4.86. The Bertz CT molecular complexity index is 1110. The summed E-state index contributed by atoms with van der Waals surface area (Å²) in [5.74, 6) is 1.30. The molecule has 0 fully saturated rings. The van der Waals surface area contributed by atoms with Crippen LogP contribution < -0.4 is 4.74 Å². The van der Waals surface area contributed by atoms with Crippen molar-refractivity contribution < 1.29 is 9.53 Å². The smallest absolute Gasteiger partial charge is 0.203 e. The van der Waals surface area contributed by atoms with Crippen molar-refractivity contribution in [1.29, 1.82) is 5.26 Å². The maximum absolute atomic E-state index is 12.8. The first kappa shape index (κ1) is 20.2. The van der Waals surface area contributed by atoms with Crippen LogP contribution in [0, 0.1) is 25.2 Å². The Kier molecular flexibility index (Phi) is 5.69. The Morgan fingerprint density at radius 2 is 1.90 bits per heavy atom. The van der Waals surface area contributed by atoms with E-state index in [0.29, 0.717) is 11.3 Å². The number of rotatable bonds is 6. The van der Waals surface area contributed by atoms with Crippen LogP contribution in [-0.2, 0) is 0 Å². The van der Waals surface area contributed by atoms with Gasteiger partial charge in [-0.2, -0.15) is 10.4 Å². The molecule has 0 aliphatic carbocycles. The van der Waals surface area contributed by atoms with E-state index in [4.69, 9.17) is 4.74 Å². The third kappa shape index (κ3) is 3.85. The van der Waals surface area contributed by atoms with Crippen LogP contribution in [0.1, 0.15) is 47.2 Å². The minimum absolute atomic E-state index is 0.0905. The molecule has 0 N–H and O–H groups in total. The van der Waals surface area contributed by atoms with E-state index >= 15 is 0 Å². The van der Waals surface area contributed by atoms with Crippen LogP contribution in [0.3, 0.4) is 0 Å². The van der Waals surface area contributed by atoms with Gasteiger partial charge in [0.15, 0.2) is 0 Å². The molecule has 2 aromatic heterocycles. The van der Waals surface area contributed by atoms with Crippen molar-refractivity contribution in [3.05, 3.63) is 70.7 Å². The van der Waals surface area contributed by atoms with Crippen molar-refractivity contribution >= 4 is 11.9 Å². The van der Waals surface area contributed by atoms with Crippen molar-refractivity contribution in [3.8, 4) is 17.6 Å². The SMILES string of the molecule is COc1ccc(C(=O)/C(C#N)=C/c2cc(C)n(-c3ccnn3C(C)C)c2C)cc1. The molecule has 3 rings (SSSR count). The molecule has 6 nitrogen and oxygen atoms in total. The van der Waals surface area contributed by atoms with Crippen LogP contribution in [0.4, 0.5) is 0 Å². The lowest BCUT2D eigenvalue weighted by atomic mass is 10.0. The summed E-state index contributed by atoms with van der Waals surface area (Å²) < 4.78 is 9.16. The summed E-state index contributed by atoms with van der Waals surface area (Å²) in [5, 5.41) is 14.0. The number of hydrogen-bond acceptors (Lipinski definition) is 4. The van der Waals surface area contributed by atoms with Crippen LogP contribution in [0.25, 0.3) is 11.9 Å². The number of nitrogens with zero attached hydrogens (tertiary/aromatic N) is 4. The summed E-state index contributed by atoms with van der Waals surface area (Å²) in [6.07, 6.45) is 3.43. The van der Waals surface area contributed by atoms with E-state index in [-0.39, 0.29) is 17.4 Å². The molecule has 0 aliphatic rings. The molecule has 0 radical (unpaired) electrons. The highest BCUT2D eigenvalue weighted by atomic mass is 16.5. The number of hydrogen-bond donors (Lipinski definition) is 0. The zero-order chi connectivity index (χ0) is 21.1. The van der Waals surface area contributed by atoms with Crippen molar-refractivity contribution in [1.82, 2.24) is 14.3 Å². The van der Waals surface area contributed by atoms with E-state index in [1.165, 1.54) is 0 Å². The minimum Gasteiger partial charge on any atom is -0.497 e. The van der Waals surface area contributed by atoms with E-state index < -0.39 is 0 Å². The van der Waals surface area contributed by atoms with E-state index in [1.54, 1.807) is 43.6 Å². The van der Waals surface area contributed by atoms with Crippen LogP contribution >= 0.6 is 0 Å². The number of carbonyl (C=O) groups is 1. The van der Waals surface area contributed by atoms with E-state index in [9.17, 15) is 10.1 Å². The summed E-state index contributed by atoms with van der Waals surface area (Å²) in [4.78, 5) is 12.8. The number of methoxy groups -OCH3 is 1. The lowest BCUT2D eigenvalue weighted by molar-refractivity contribution is 0.104. The van der Waals surface area contributed by atoms with Gasteiger partial charge in [-0.3, -0.25) is 4.79 Å². The Morgan fingerprint density at radius 3 is 2.48 bits per heavy atom. The average molecular weight is 388 g/mol. The Hall–Kier alpha value is -3.59. The third-order valence-corrected chi connectivity index (χ3v) is 4.86. The second kappa shape index (κ2) is 8.19. The standard InChI is InChI=1S/C23H24N4O2/c1-15(2)27-22(10-11-25-27)26-16(3)12-19(17(26)4)13-20(14-24)23(28)18-6-8-21(29-5)9-7-18/h6-13,15H,1-5H3/b20-13+. The summed E-state index contributed by atoms with van der Waals surface area (Å²) in [5.41, 5.74) is 3.32. The highest BCUT2D eigenvalue weighted by Crippen LogP contribution is 2.25. The summed E-state index contributed by atoms with van der Waals surface area (Å²) >= 11 is 0. The van der Waals surface area contributed by atoms with Crippen molar-refractivity contribution in [2.24, 2.45) is 0 Å². The van der Waals surface area contributed by atoms with Gasteiger partial charge in [0.2, 0.25) is 5.78 Å². The number of aryl methyl sites for hydroxylation is 1. The lowest BCUT2D eigenvalue weighted by Crippen LogP contribution is -2.11. The van der Waals surface area contributed by atoms with Gasteiger partial charge in [-0.05, 0) is 69.7 Å². The van der Waals surface area contributed by atoms with Gasteiger partial charge in [-0.15, -0.1) is 0 Å². The molecule has 3 aromatic rings. The lowest BCUT2D eigenvalue weighted by Gasteiger charge is -2.15. The van der Waals surface area contributed by atoms with Crippen LogP contribution in [0.5, 0.6) is 5.75 Å². The second-order valence-electron chi connectivity index (χ2n) is 7.12. The molecule has 0 atom stereocenters. The Balaban J connectivity index is 2.01. The van der Waals surface area contributed by atoms with E-state index in [0.717, 1.165) is 22.8 Å². The predicted molar refractivity (Wildman–Crippen MR) is 112 cm³/mol. The number of nitriles is 1. The topological polar surface area (TPSA) is 72.8 Å². The second-order valence-corrected chi connectivity index (χ2v) is 7.12. The maximum atomic E-state index is 12.8. The molecule has 29 heavy (non-hydrogen) atoms. The first-order valence-corrected chi connectivity index (χ1v) is 9.40. The number of carbonyl (C=O) groups excluding carboxylic acids is 1. The van der Waals surface area contributed by atoms with Gasteiger partial charge in [0.05, 0.1) is 13.3 Å². The Morgan fingerprint density at radius 1 is 1.21 bits per heavy atom. The summed E-state index contributed by atoms with van der Waals surface area (Å²) in [6, 6.07) is 12.9. The van der Waals surface area contributed by atoms with Gasteiger partial charge in [0.25, 0.3) is 0 Å². The molecule has 0 saturated carbocycles. The molecule has 1 aromatic carbocycles.